The van der Waals surface area contributed by atoms with Crippen LogP contribution in [-0.2, 0) is 10.2 Å². The van der Waals surface area contributed by atoms with Gasteiger partial charge in [0, 0.05) is 32.2 Å². The molecule has 0 unspecified atom stereocenters. The van der Waals surface area contributed by atoms with Gasteiger partial charge < -0.3 is 5.32 Å². The fourth-order valence-corrected chi connectivity index (χ4v) is 5.30. The first-order chi connectivity index (χ1) is 9.59. The Balaban J connectivity index is 2.04. The minimum atomic E-state index is -3.26. The number of nitrogens with one attached hydrogen (secondary N) is 1. The number of hydrogen-bond acceptors (Lipinski definition) is 3. The van der Waals surface area contributed by atoms with Crippen molar-refractivity contribution in [1.29, 1.82) is 0 Å². The molecule has 2 heterocycles. The topological polar surface area (TPSA) is 52.7 Å². The van der Waals surface area contributed by atoms with Crippen molar-refractivity contribution < 1.29 is 8.42 Å². The zero-order valence-electron chi connectivity index (χ0n) is 12.8. The van der Waals surface area contributed by atoms with Gasteiger partial charge in [-0.1, -0.05) is 19.8 Å². The van der Waals surface area contributed by atoms with Crippen molar-refractivity contribution in [3.63, 3.8) is 0 Å². The SMILES string of the molecule is CCC1CCN(S(=O)(=O)N2CCCC[C@@H]2CNC)CC1. The zero-order chi connectivity index (χ0) is 14.6. The maximum absolute atomic E-state index is 12.8. The molecular weight excluding hydrogens is 274 g/mol. The lowest BCUT2D eigenvalue weighted by molar-refractivity contribution is 0.207. The average Bonchev–Trinajstić information content (AvgIpc) is 2.48. The normalized spacial score (nSPS) is 27.8. The minimum absolute atomic E-state index is 0.127. The Hall–Kier alpha value is -0.170. The molecule has 1 atom stereocenters. The maximum Gasteiger partial charge on any atom is 0.282 e. The van der Waals surface area contributed by atoms with Gasteiger partial charge in [-0.25, -0.2) is 0 Å². The summed E-state index contributed by atoms with van der Waals surface area (Å²) in [6, 6.07) is 0.127. The Morgan fingerprint density at radius 1 is 1.10 bits per heavy atom. The average molecular weight is 303 g/mol. The fraction of sp³-hybridized carbons (Fsp3) is 1.00. The van der Waals surface area contributed by atoms with E-state index in [0.29, 0.717) is 25.6 Å². The molecule has 0 spiro atoms. The lowest BCUT2D eigenvalue weighted by Gasteiger charge is -2.40. The second-order valence-corrected chi connectivity index (χ2v) is 7.96. The highest BCUT2D eigenvalue weighted by atomic mass is 32.2. The van der Waals surface area contributed by atoms with Crippen LogP contribution in [0.15, 0.2) is 0 Å². The molecule has 0 aromatic heterocycles. The largest absolute Gasteiger partial charge is 0.318 e. The summed E-state index contributed by atoms with van der Waals surface area (Å²) < 4.78 is 29.2. The van der Waals surface area contributed by atoms with Crippen LogP contribution < -0.4 is 5.32 Å². The highest BCUT2D eigenvalue weighted by molar-refractivity contribution is 7.86. The first-order valence-corrected chi connectivity index (χ1v) is 9.40. The molecule has 6 heteroatoms. The van der Waals surface area contributed by atoms with Crippen molar-refractivity contribution in [1.82, 2.24) is 13.9 Å². The van der Waals surface area contributed by atoms with E-state index in [0.717, 1.165) is 38.6 Å². The van der Waals surface area contributed by atoms with E-state index in [2.05, 4.69) is 12.2 Å². The van der Waals surface area contributed by atoms with E-state index in [1.165, 1.54) is 6.42 Å². The summed E-state index contributed by atoms with van der Waals surface area (Å²) >= 11 is 0. The molecule has 2 aliphatic heterocycles. The second-order valence-electron chi connectivity index (χ2n) is 6.08. The van der Waals surface area contributed by atoms with Gasteiger partial charge in [-0.2, -0.15) is 17.0 Å². The molecule has 20 heavy (non-hydrogen) atoms. The molecule has 0 bridgehead atoms. The van der Waals surface area contributed by atoms with E-state index in [1.807, 2.05) is 7.05 Å². The molecule has 2 aliphatic rings. The van der Waals surface area contributed by atoms with Crippen molar-refractivity contribution in [3.8, 4) is 0 Å². The summed E-state index contributed by atoms with van der Waals surface area (Å²) in [5.74, 6) is 0.705. The predicted molar refractivity (Wildman–Crippen MR) is 81.8 cm³/mol. The van der Waals surface area contributed by atoms with Crippen molar-refractivity contribution in [2.24, 2.45) is 5.92 Å². The van der Waals surface area contributed by atoms with Crippen molar-refractivity contribution in [2.45, 2.75) is 51.5 Å². The van der Waals surface area contributed by atoms with Gasteiger partial charge in [0.15, 0.2) is 0 Å². The van der Waals surface area contributed by atoms with Crippen LogP contribution >= 0.6 is 0 Å². The van der Waals surface area contributed by atoms with Gasteiger partial charge in [-0.15, -0.1) is 0 Å². The zero-order valence-corrected chi connectivity index (χ0v) is 13.7. The summed E-state index contributed by atoms with van der Waals surface area (Å²) in [4.78, 5) is 0. The van der Waals surface area contributed by atoms with Gasteiger partial charge in [0.2, 0.25) is 0 Å². The molecule has 1 N–H and O–H groups in total. The Bertz CT molecular complexity index is 389. The molecular formula is C14H29N3O2S. The molecule has 5 nitrogen and oxygen atoms in total. The lowest BCUT2D eigenvalue weighted by Crippen LogP contribution is -2.54. The highest BCUT2D eigenvalue weighted by Crippen LogP contribution is 2.27. The van der Waals surface area contributed by atoms with Crippen molar-refractivity contribution in [2.75, 3.05) is 33.2 Å². The predicted octanol–water partition coefficient (Wildman–Crippen LogP) is 1.43. The lowest BCUT2D eigenvalue weighted by atomic mass is 9.96. The van der Waals surface area contributed by atoms with Crippen LogP contribution in [0, 0.1) is 5.92 Å². The Morgan fingerprint density at radius 2 is 1.80 bits per heavy atom. The van der Waals surface area contributed by atoms with Gasteiger partial charge in [-0.05, 0) is 38.6 Å². The van der Waals surface area contributed by atoms with Crippen LogP contribution in [-0.4, -0.2) is 56.3 Å². The van der Waals surface area contributed by atoms with Crippen LogP contribution in [0.4, 0.5) is 0 Å². The fourth-order valence-electron chi connectivity index (χ4n) is 3.41. The molecule has 0 radical (unpaired) electrons. The number of rotatable bonds is 5. The van der Waals surface area contributed by atoms with E-state index in [1.54, 1.807) is 8.61 Å². The summed E-state index contributed by atoms with van der Waals surface area (Å²) in [5, 5.41) is 3.13. The van der Waals surface area contributed by atoms with Crippen LogP contribution in [0.1, 0.15) is 45.4 Å². The van der Waals surface area contributed by atoms with E-state index in [4.69, 9.17) is 0 Å². The maximum atomic E-state index is 12.8. The molecule has 0 aromatic rings. The van der Waals surface area contributed by atoms with Gasteiger partial charge in [-0.3, -0.25) is 0 Å². The van der Waals surface area contributed by atoms with Crippen LogP contribution in [0.25, 0.3) is 0 Å². The summed E-state index contributed by atoms with van der Waals surface area (Å²) in [6.07, 6.45) is 6.30. The van der Waals surface area contributed by atoms with Crippen LogP contribution in [0.5, 0.6) is 0 Å². The molecule has 0 aliphatic carbocycles. The minimum Gasteiger partial charge on any atom is -0.318 e. The Morgan fingerprint density at radius 3 is 2.40 bits per heavy atom. The van der Waals surface area contributed by atoms with Crippen LogP contribution in [0.3, 0.4) is 0 Å². The number of hydrogen-bond donors (Lipinski definition) is 1. The third-order valence-electron chi connectivity index (χ3n) is 4.79. The molecule has 0 saturated carbocycles. The third kappa shape index (κ3) is 3.53. The Labute approximate surface area is 123 Å². The second kappa shape index (κ2) is 7.20. The molecule has 2 saturated heterocycles. The van der Waals surface area contributed by atoms with E-state index in [-0.39, 0.29) is 6.04 Å². The molecule has 0 aromatic carbocycles. The Kier molecular flexibility index (Phi) is 5.84. The highest BCUT2D eigenvalue weighted by Gasteiger charge is 2.37. The van der Waals surface area contributed by atoms with Gasteiger partial charge in [0.05, 0.1) is 0 Å². The quantitative estimate of drug-likeness (QED) is 0.836. The van der Waals surface area contributed by atoms with Crippen molar-refractivity contribution in [3.05, 3.63) is 0 Å². The van der Waals surface area contributed by atoms with Gasteiger partial charge >= 0.3 is 0 Å². The van der Waals surface area contributed by atoms with Crippen molar-refractivity contribution >= 4 is 10.2 Å². The smallest absolute Gasteiger partial charge is 0.282 e. The number of piperidine rings is 2. The van der Waals surface area contributed by atoms with Gasteiger partial charge in [0.1, 0.15) is 0 Å². The van der Waals surface area contributed by atoms with Crippen LogP contribution in [0.2, 0.25) is 0 Å². The summed E-state index contributed by atoms with van der Waals surface area (Å²) in [6.45, 7) is 5.03. The van der Waals surface area contributed by atoms with E-state index < -0.39 is 10.2 Å². The first-order valence-electron chi connectivity index (χ1n) is 8.01. The van der Waals surface area contributed by atoms with Gasteiger partial charge in [0.25, 0.3) is 10.2 Å². The van der Waals surface area contributed by atoms with E-state index in [9.17, 15) is 8.42 Å². The summed E-state index contributed by atoms with van der Waals surface area (Å²) in [7, 11) is -1.37. The standard InChI is InChI=1S/C14H29N3O2S/c1-3-13-7-10-16(11-8-13)20(18,19)17-9-5-4-6-14(17)12-15-2/h13-15H,3-12H2,1-2H3/t14-/m1/s1. The first kappa shape index (κ1) is 16.2. The number of nitrogens with zero attached hydrogens (tertiary/aromatic N) is 2. The molecule has 2 fully saturated rings. The monoisotopic (exact) mass is 303 g/mol. The number of likely N-dealkylation sites (N-methyl/N-ethyl adjacent to an activating group) is 1. The third-order valence-corrected chi connectivity index (χ3v) is 6.88. The molecule has 118 valence electrons. The molecule has 0 amide bonds. The summed E-state index contributed by atoms with van der Waals surface area (Å²) in [5.41, 5.74) is 0. The van der Waals surface area contributed by atoms with E-state index >= 15 is 0 Å². The molecule has 2 rings (SSSR count).